The monoisotopic (exact) mass is 384 g/mol. The number of hydrogen-bond acceptors (Lipinski definition) is 6. The number of rotatable bonds is 4. The summed E-state index contributed by atoms with van der Waals surface area (Å²) in [7, 11) is -3.81. The van der Waals surface area contributed by atoms with Crippen LogP contribution in [-0.4, -0.2) is 28.6 Å². The quantitative estimate of drug-likeness (QED) is 0.498. The molecule has 0 unspecified atom stereocenters. The Balaban J connectivity index is 1.73. The fourth-order valence-corrected chi connectivity index (χ4v) is 4.86. The molecule has 10 heteroatoms. The molecule has 8 nitrogen and oxygen atoms in total. The van der Waals surface area contributed by atoms with Crippen molar-refractivity contribution in [1.82, 2.24) is 20.2 Å². The average molecular weight is 384 g/mol. The summed E-state index contributed by atoms with van der Waals surface area (Å²) in [6.07, 6.45) is 6.11. The molecular weight excluding hydrogens is 372 g/mol. The molecule has 0 saturated carbocycles. The Bertz CT molecular complexity index is 1250. The lowest BCUT2D eigenvalue weighted by Gasteiger charge is -2.08. The smallest absolute Gasteiger partial charge is 0.273 e. The number of anilines is 1. The van der Waals surface area contributed by atoms with Crippen LogP contribution in [0, 0.1) is 18.3 Å². The molecule has 0 radical (unpaired) electrons. The van der Waals surface area contributed by atoms with Gasteiger partial charge >= 0.3 is 0 Å². The first-order valence-electron chi connectivity index (χ1n) is 7.48. The van der Waals surface area contributed by atoms with E-state index in [0.29, 0.717) is 27.2 Å². The van der Waals surface area contributed by atoms with Gasteiger partial charge < -0.3 is 4.98 Å². The first-order valence-corrected chi connectivity index (χ1v) is 9.78. The van der Waals surface area contributed by atoms with Crippen molar-refractivity contribution in [1.29, 1.82) is 5.26 Å². The van der Waals surface area contributed by atoms with Gasteiger partial charge in [0.05, 0.1) is 29.2 Å². The van der Waals surface area contributed by atoms with Crippen LogP contribution in [0.25, 0.3) is 21.5 Å². The second kappa shape index (κ2) is 5.98. The van der Waals surface area contributed by atoms with Crippen LogP contribution in [0.2, 0.25) is 0 Å². The number of sulfonamides is 1. The Kier molecular flexibility index (Phi) is 3.75. The van der Waals surface area contributed by atoms with Crippen molar-refractivity contribution in [2.45, 2.75) is 11.1 Å². The van der Waals surface area contributed by atoms with E-state index < -0.39 is 10.0 Å². The number of aromatic nitrogens is 4. The van der Waals surface area contributed by atoms with E-state index in [1.54, 1.807) is 30.7 Å². The predicted molar refractivity (Wildman–Crippen MR) is 98.3 cm³/mol. The number of fused-ring (bicyclic) bond motifs is 1. The van der Waals surface area contributed by atoms with Crippen molar-refractivity contribution < 1.29 is 8.42 Å². The van der Waals surface area contributed by atoms with E-state index in [0.717, 1.165) is 22.5 Å². The lowest BCUT2D eigenvalue weighted by Crippen LogP contribution is -2.11. The van der Waals surface area contributed by atoms with E-state index in [4.69, 9.17) is 0 Å². The number of thiazole rings is 1. The number of hydrogen-bond donors (Lipinski definition) is 3. The summed E-state index contributed by atoms with van der Waals surface area (Å²) in [5.74, 6) is 0. The van der Waals surface area contributed by atoms with E-state index >= 15 is 0 Å². The van der Waals surface area contributed by atoms with Crippen LogP contribution in [-0.2, 0) is 10.0 Å². The molecule has 0 saturated heterocycles. The first-order chi connectivity index (χ1) is 12.5. The minimum Gasteiger partial charge on any atom is -0.358 e. The molecule has 0 bridgehead atoms. The van der Waals surface area contributed by atoms with Gasteiger partial charge in [0.25, 0.3) is 10.0 Å². The third-order valence-corrected chi connectivity index (χ3v) is 6.78. The lowest BCUT2D eigenvalue weighted by atomic mass is 10.1. The van der Waals surface area contributed by atoms with E-state index in [1.807, 2.05) is 6.92 Å². The van der Waals surface area contributed by atoms with Crippen LogP contribution in [0.15, 0.2) is 41.1 Å². The Morgan fingerprint density at radius 2 is 2.12 bits per heavy atom. The highest BCUT2D eigenvalue weighted by Gasteiger charge is 2.21. The van der Waals surface area contributed by atoms with Gasteiger partial charge in [-0.15, -0.1) is 11.3 Å². The number of aromatic amines is 2. The molecule has 0 amide bonds. The molecule has 4 aromatic rings. The number of nitriles is 1. The molecule has 0 spiro atoms. The van der Waals surface area contributed by atoms with Gasteiger partial charge in [0.1, 0.15) is 11.1 Å². The molecule has 3 heterocycles. The van der Waals surface area contributed by atoms with Crippen LogP contribution in [0.1, 0.15) is 11.1 Å². The Morgan fingerprint density at radius 1 is 1.27 bits per heavy atom. The fourth-order valence-electron chi connectivity index (χ4n) is 2.67. The van der Waals surface area contributed by atoms with Gasteiger partial charge in [-0.25, -0.2) is 13.4 Å². The minimum atomic E-state index is -3.81. The van der Waals surface area contributed by atoms with Crippen LogP contribution in [0.4, 0.5) is 5.69 Å². The molecule has 1 aromatic carbocycles. The maximum atomic E-state index is 12.7. The largest absolute Gasteiger partial charge is 0.358 e. The topological polar surface area (TPSA) is 127 Å². The van der Waals surface area contributed by atoms with Gasteiger partial charge in [-0.1, -0.05) is 6.07 Å². The van der Waals surface area contributed by atoms with Gasteiger partial charge in [0, 0.05) is 23.3 Å². The zero-order valence-electron chi connectivity index (χ0n) is 13.4. The van der Waals surface area contributed by atoms with E-state index in [9.17, 15) is 13.7 Å². The normalized spacial score (nSPS) is 11.5. The van der Waals surface area contributed by atoms with Gasteiger partial charge in [-0.05, 0) is 18.6 Å². The van der Waals surface area contributed by atoms with Gasteiger partial charge in [-0.2, -0.15) is 10.4 Å². The Morgan fingerprint density at radius 3 is 2.85 bits per heavy atom. The Hall–Kier alpha value is -3.16. The zero-order chi connectivity index (χ0) is 18.3. The molecule has 3 N–H and O–H groups in total. The minimum absolute atomic E-state index is 0.0921. The van der Waals surface area contributed by atoms with Crippen LogP contribution < -0.4 is 4.72 Å². The summed E-state index contributed by atoms with van der Waals surface area (Å²) in [6, 6.07) is 5.55. The lowest BCUT2D eigenvalue weighted by molar-refractivity contribution is 0.603. The highest BCUT2D eigenvalue weighted by molar-refractivity contribution is 7.94. The SMILES string of the molecule is Cc1ccc(NS(=O)(=O)c2cnc(-c3cn[nH]c3)s2)c2[nH]cc(C#N)c12. The molecule has 3 aromatic heterocycles. The molecule has 0 aliphatic carbocycles. The second-order valence-electron chi connectivity index (χ2n) is 5.57. The fraction of sp³-hybridized carbons (Fsp3) is 0.0625. The van der Waals surface area contributed by atoms with Crippen molar-refractivity contribution in [3.63, 3.8) is 0 Å². The summed E-state index contributed by atoms with van der Waals surface area (Å²) in [4.78, 5) is 7.12. The summed E-state index contributed by atoms with van der Waals surface area (Å²) >= 11 is 1.05. The van der Waals surface area contributed by atoms with Crippen molar-refractivity contribution >= 4 is 38.0 Å². The van der Waals surface area contributed by atoms with Gasteiger partial charge in [0.15, 0.2) is 4.21 Å². The van der Waals surface area contributed by atoms with Gasteiger partial charge in [0.2, 0.25) is 0 Å². The van der Waals surface area contributed by atoms with Crippen molar-refractivity contribution in [2.24, 2.45) is 0 Å². The number of H-pyrrole nitrogens is 2. The maximum Gasteiger partial charge on any atom is 0.273 e. The van der Waals surface area contributed by atoms with Crippen LogP contribution >= 0.6 is 11.3 Å². The molecule has 4 rings (SSSR count). The van der Waals surface area contributed by atoms with E-state index in [-0.39, 0.29) is 4.21 Å². The van der Waals surface area contributed by atoms with Crippen molar-refractivity contribution in [3.8, 4) is 16.6 Å². The van der Waals surface area contributed by atoms with E-state index in [2.05, 4.69) is 31.0 Å². The number of aryl methyl sites for hydroxylation is 1. The zero-order valence-corrected chi connectivity index (χ0v) is 15.1. The van der Waals surface area contributed by atoms with Gasteiger partial charge in [-0.3, -0.25) is 9.82 Å². The van der Waals surface area contributed by atoms with Crippen molar-refractivity contribution in [3.05, 3.63) is 48.0 Å². The molecule has 0 aliphatic rings. The maximum absolute atomic E-state index is 12.7. The predicted octanol–water partition coefficient (Wildman–Crippen LogP) is 3.00. The van der Waals surface area contributed by atoms with Crippen LogP contribution in [0.5, 0.6) is 0 Å². The Labute approximate surface area is 152 Å². The molecule has 0 fully saturated rings. The highest BCUT2D eigenvalue weighted by Crippen LogP contribution is 2.32. The summed E-state index contributed by atoms with van der Waals surface area (Å²) in [5.41, 5.74) is 3.03. The molecule has 26 heavy (non-hydrogen) atoms. The van der Waals surface area contributed by atoms with Crippen LogP contribution in [0.3, 0.4) is 0 Å². The summed E-state index contributed by atoms with van der Waals surface area (Å²) in [5, 5.41) is 17.0. The first kappa shape index (κ1) is 16.3. The molecule has 0 atom stereocenters. The standard InChI is InChI=1S/C16H12N6O2S2/c1-9-2-3-12(15-14(9)10(4-17)5-18-15)22-26(23,24)13-8-19-16(25-13)11-6-20-21-7-11/h2-3,5-8,18,22H,1H3,(H,20,21). The second-order valence-corrected chi connectivity index (χ2v) is 8.51. The third-order valence-electron chi connectivity index (χ3n) is 3.90. The number of nitrogens with zero attached hydrogens (tertiary/aromatic N) is 3. The average Bonchev–Trinajstić information content (AvgIpc) is 3.36. The summed E-state index contributed by atoms with van der Waals surface area (Å²) < 4.78 is 28.2. The number of nitrogens with one attached hydrogen (secondary N) is 3. The molecule has 130 valence electrons. The molecule has 0 aliphatic heterocycles. The third kappa shape index (κ3) is 2.63. The molecular formula is C16H12N6O2S2. The van der Waals surface area contributed by atoms with E-state index in [1.165, 1.54) is 6.20 Å². The van der Waals surface area contributed by atoms with Crippen molar-refractivity contribution in [2.75, 3.05) is 4.72 Å². The highest BCUT2D eigenvalue weighted by atomic mass is 32.2. The number of benzene rings is 1. The summed E-state index contributed by atoms with van der Waals surface area (Å²) in [6.45, 7) is 1.87.